The van der Waals surface area contributed by atoms with Crippen LogP contribution in [0.2, 0.25) is 0 Å². The Bertz CT molecular complexity index is 699. The Balaban J connectivity index is 2.13. The molecule has 23 heavy (non-hydrogen) atoms. The lowest BCUT2D eigenvalue weighted by molar-refractivity contribution is -0.385. The van der Waals surface area contributed by atoms with Gasteiger partial charge in [0.25, 0.3) is 11.6 Å². The van der Waals surface area contributed by atoms with Crippen molar-refractivity contribution in [1.82, 2.24) is 10.2 Å². The summed E-state index contributed by atoms with van der Waals surface area (Å²) in [6, 6.07) is 8.61. The van der Waals surface area contributed by atoms with E-state index in [0.717, 1.165) is 4.88 Å². The van der Waals surface area contributed by atoms with Crippen LogP contribution in [0.15, 0.2) is 35.7 Å². The molecular formula is C16H19N3O3S. The molecule has 0 aliphatic rings. The van der Waals surface area contributed by atoms with Crippen molar-refractivity contribution in [3.63, 3.8) is 0 Å². The van der Waals surface area contributed by atoms with Crippen LogP contribution >= 0.6 is 11.3 Å². The molecule has 1 aromatic carbocycles. The zero-order valence-corrected chi connectivity index (χ0v) is 14.1. The number of hydrogen-bond acceptors (Lipinski definition) is 5. The van der Waals surface area contributed by atoms with Crippen molar-refractivity contribution in [2.24, 2.45) is 0 Å². The Morgan fingerprint density at radius 3 is 2.65 bits per heavy atom. The zero-order valence-electron chi connectivity index (χ0n) is 13.3. The van der Waals surface area contributed by atoms with E-state index in [4.69, 9.17) is 0 Å². The first-order valence-corrected chi connectivity index (χ1v) is 8.01. The minimum absolute atomic E-state index is 0.0416. The van der Waals surface area contributed by atoms with Crippen LogP contribution in [0.3, 0.4) is 0 Å². The summed E-state index contributed by atoms with van der Waals surface area (Å²) in [5.74, 6) is -0.297. The highest BCUT2D eigenvalue weighted by atomic mass is 32.1. The van der Waals surface area contributed by atoms with E-state index in [1.807, 2.05) is 36.5 Å². The molecule has 1 aromatic heterocycles. The molecule has 2 aromatic rings. The number of nitro groups is 1. The summed E-state index contributed by atoms with van der Waals surface area (Å²) in [4.78, 5) is 26.1. The van der Waals surface area contributed by atoms with Gasteiger partial charge in [0.2, 0.25) is 0 Å². The number of hydrogen-bond donors (Lipinski definition) is 1. The predicted molar refractivity (Wildman–Crippen MR) is 90.9 cm³/mol. The summed E-state index contributed by atoms with van der Waals surface area (Å²) < 4.78 is 0. The maximum atomic E-state index is 12.4. The van der Waals surface area contributed by atoms with Gasteiger partial charge in [-0.3, -0.25) is 14.9 Å². The van der Waals surface area contributed by atoms with Crippen molar-refractivity contribution in [3.8, 4) is 0 Å². The molecular weight excluding hydrogens is 314 g/mol. The largest absolute Gasteiger partial charge is 0.350 e. The lowest BCUT2D eigenvalue weighted by atomic mass is 10.1. The highest BCUT2D eigenvalue weighted by Gasteiger charge is 2.20. The number of nitrogens with zero attached hydrogens (tertiary/aromatic N) is 2. The van der Waals surface area contributed by atoms with E-state index in [0.29, 0.717) is 17.7 Å². The van der Waals surface area contributed by atoms with Crippen molar-refractivity contribution >= 4 is 22.9 Å². The molecule has 122 valence electrons. The van der Waals surface area contributed by atoms with Gasteiger partial charge in [0.05, 0.1) is 11.0 Å². The third-order valence-electron chi connectivity index (χ3n) is 3.70. The maximum Gasteiger partial charge on any atom is 0.273 e. The van der Waals surface area contributed by atoms with Crippen molar-refractivity contribution < 1.29 is 9.72 Å². The Hall–Kier alpha value is -2.25. The summed E-state index contributed by atoms with van der Waals surface area (Å²) in [6.45, 7) is 2.03. The number of likely N-dealkylation sites (N-methyl/N-ethyl adjacent to an activating group) is 1. The Morgan fingerprint density at radius 1 is 1.35 bits per heavy atom. The van der Waals surface area contributed by atoms with Gasteiger partial charge in [0.15, 0.2) is 0 Å². The van der Waals surface area contributed by atoms with Gasteiger partial charge in [0, 0.05) is 28.6 Å². The fourth-order valence-corrected chi connectivity index (χ4v) is 3.29. The third kappa shape index (κ3) is 3.94. The van der Waals surface area contributed by atoms with Crippen LogP contribution in [0.25, 0.3) is 0 Å². The quantitative estimate of drug-likeness (QED) is 0.651. The molecule has 0 saturated carbocycles. The number of amides is 1. The van der Waals surface area contributed by atoms with E-state index < -0.39 is 4.92 Å². The Kier molecular flexibility index (Phi) is 5.46. The standard InChI is InChI=1S/C16H19N3O3S/c1-11-12(6-4-7-13(11)19(21)22)16(20)17-10-14(18(2)3)15-8-5-9-23-15/h4-9,14H,10H2,1-3H3,(H,17,20). The highest BCUT2D eigenvalue weighted by Crippen LogP contribution is 2.23. The van der Waals surface area contributed by atoms with E-state index in [-0.39, 0.29) is 17.6 Å². The fraction of sp³-hybridized carbons (Fsp3) is 0.312. The van der Waals surface area contributed by atoms with Gasteiger partial charge < -0.3 is 10.2 Å². The molecule has 0 radical (unpaired) electrons. The van der Waals surface area contributed by atoms with Crippen molar-refractivity contribution in [2.45, 2.75) is 13.0 Å². The van der Waals surface area contributed by atoms with Crippen molar-refractivity contribution in [3.05, 3.63) is 61.8 Å². The van der Waals surface area contributed by atoms with E-state index >= 15 is 0 Å². The lowest BCUT2D eigenvalue weighted by Gasteiger charge is -2.23. The molecule has 0 fully saturated rings. The van der Waals surface area contributed by atoms with Crippen molar-refractivity contribution in [1.29, 1.82) is 0 Å². The third-order valence-corrected chi connectivity index (χ3v) is 4.67. The van der Waals surface area contributed by atoms with E-state index in [1.165, 1.54) is 12.1 Å². The molecule has 0 aliphatic heterocycles. The second-order valence-corrected chi connectivity index (χ2v) is 6.39. The summed E-state index contributed by atoms with van der Waals surface area (Å²) in [7, 11) is 3.91. The number of rotatable bonds is 6. The normalized spacial score (nSPS) is 12.2. The molecule has 2 rings (SSSR count). The number of nitrogens with one attached hydrogen (secondary N) is 1. The van der Waals surface area contributed by atoms with E-state index in [9.17, 15) is 14.9 Å². The first kappa shape index (κ1) is 17.1. The summed E-state index contributed by atoms with van der Waals surface area (Å²) in [5.41, 5.74) is 0.676. The molecule has 0 saturated heterocycles. The van der Waals surface area contributed by atoms with Gasteiger partial charge in [-0.1, -0.05) is 12.1 Å². The molecule has 1 atom stereocenters. The first-order valence-electron chi connectivity index (χ1n) is 7.14. The molecule has 6 nitrogen and oxygen atoms in total. The van der Waals surface area contributed by atoms with Gasteiger partial charge in [-0.2, -0.15) is 0 Å². The second-order valence-electron chi connectivity index (χ2n) is 5.41. The number of thiophene rings is 1. The molecule has 1 unspecified atom stereocenters. The van der Waals surface area contributed by atoms with E-state index in [2.05, 4.69) is 5.32 Å². The minimum Gasteiger partial charge on any atom is -0.350 e. The van der Waals surface area contributed by atoms with Crippen LogP contribution in [0.1, 0.15) is 26.8 Å². The monoisotopic (exact) mass is 333 g/mol. The van der Waals surface area contributed by atoms with Crippen LogP contribution in [-0.2, 0) is 0 Å². The number of carbonyl (C=O) groups is 1. The molecule has 1 N–H and O–H groups in total. The molecule has 0 bridgehead atoms. The average Bonchev–Trinajstić information content (AvgIpc) is 3.00. The maximum absolute atomic E-state index is 12.4. The van der Waals surface area contributed by atoms with Gasteiger partial charge in [-0.25, -0.2) is 0 Å². The summed E-state index contributed by atoms with van der Waals surface area (Å²) in [5, 5.41) is 15.9. The summed E-state index contributed by atoms with van der Waals surface area (Å²) in [6.07, 6.45) is 0. The van der Waals surface area contributed by atoms with E-state index in [1.54, 1.807) is 24.3 Å². The Morgan fingerprint density at radius 2 is 2.09 bits per heavy atom. The zero-order chi connectivity index (χ0) is 17.0. The predicted octanol–water partition coefficient (Wildman–Crippen LogP) is 3.00. The number of nitro benzene ring substituents is 1. The number of carbonyl (C=O) groups excluding carboxylic acids is 1. The average molecular weight is 333 g/mol. The Labute approximate surface area is 138 Å². The van der Waals surface area contributed by atoms with Gasteiger partial charge in [-0.05, 0) is 38.5 Å². The van der Waals surface area contributed by atoms with Crippen LogP contribution < -0.4 is 5.32 Å². The molecule has 7 heteroatoms. The SMILES string of the molecule is Cc1c(C(=O)NCC(c2cccs2)N(C)C)cccc1[N+](=O)[O-]. The van der Waals surface area contributed by atoms with Gasteiger partial charge in [-0.15, -0.1) is 11.3 Å². The van der Waals surface area contributed by atoms with Crippen LogP contribution in [0.5, 0.6) is 0 Å². The second kappa shape index (κ2) is 7.34. The molecule has 0 aliphatic carbocycles. The van der Waals surface area contributed by atoms with Crippen LogP contribution in [-0.4, -0.2) is 36.4 Å². The van der Waals surface area contributed by atoms with Crippen molar-refractivity contribution in [2.75, 3.05) is 20.6 Å². The van der Waals surface area contributed by atoms with Gasteiger partial charge in [0.1, 0.15) is 0 Å². The minimum atomic E-state index is -0.472. The van der Waals surface area contributed by atoms with Gasteiger partial charge >= 0.3 is 0 Å². The summed E-state index contributed by atoms with van der Waals surface area (Å²) >= 11 is 1.63. The highest BCUT2D eigenvalue weighted by molar-refractivity contribution is 7.10. The molecule has 1 amide bonds. The van der Waals surface area contributed by atoms with Crippen LogP contribution in [0, 0.1) is 17.0 Å². The molecule has 0 spiro atoms. The number of benzene rings is 1. The van der Waals surface area contributed by atoms with Crippen LogP contribution in [0.4, 0.5) is 5.69 Å². The lowest BCUT2D eigenvalue weighted by Crippen LogP contribution is -2.34. The fourth-order valence-electron chi connectivity index (χ4n) is 2.37. The first-order chi connectivity index (χ1) is 10.9. The smallest absolute Gasteiger partial charge is 0.273 e. The topological polar surface area (TPSA) is 75.5 Å². The molecule has 1 heterocycles.